The second-order valence-electron chi connectivity index (χ2n) is 7.30. The topological polar surface area (TPSA) is 55.6 Å². The first-order valence-electron chi connectivity index (χ1n) is 9.42. The molecule has 0 spiro atoms. The van der Waals surface area contributed by atoms with Crippen molar-refractivity contribution in [2.24, 2.45) is 5.92 Å². The van der Waals surface area contributed by atoms with Gasteiger partial charge in [-0.25, -0.2) is 0 Å². The molecule has 1 aliphatic heterocycles. The Bertz CT molecular complexity index is 951. The molecule has 1 aromatic heterocycles. The molecular weight excluding hydrogens is 340 g/mol. The quantitative estimate of drug-likeness (QED) is 0.503. The molecule has 4 rings (SSSR count). The molecule has 1 aliphatic rings. The first-order valence-corrected chi connectivity index (χ1v) is 9.42. The van der Waals surface area contributed by atoms with Crippen molar-refractivity contribution in [3.05, 3.63) is 53.1 Å². The molecule has 140 valence electrons. The molecule has 0 N–H and O–H groups in total. The van der Waals surface area contributed by atoms with Gasteiger partial charge in [0.05, 0.1) is 5.92 Å². The van der Waals surface area contributed by atoms with Crippen LogP contribution >= 0.6 is 0 Å². The number of piperidine rings is 1. The Labute approximate surface area is 158 Å². The van der Waals surface area contributed by atoms with E-state index in [0.717, 1.165) is 53.7 Å². The molecule has 0 saturated carbocycles. The molecule has 0 bridgehead atoms. The average Bonchev–Trinajstić information content (AvgIpc) is 3.12. The third-order valence-electron chi connectivity index (χ3n) is 5.46. The molecule has 3 aromatic rings. The van der Waals surface area contributed by atoms with Crippen LogP contribution in [0.1, 0.15) is 29.5 Å². The highest BCUT2D eigenvalue weighted by atomic mass is 16.5. The van der Waals surface area contributed by atoms with E-state index in [9.17, 15) is 4.79 Å². The van der Waals surface area contributed by atoms with Crippen molar-refractivity contribution in [1.29, 1.82) is 0 Å². The van der Waals surface area contributed by atoms with Crippen molar-refractivity contribution < 1.29 is 13.9 Å². The second-order valence-corrected chi connectivity index (χ2v) is 7.30. The van der Waals surface area contributed by atoms with Crippen molar-refractivity contribution >= 4 is 23.1 Å². The minimum absolute atomic E-state index is 0.0926. The fourth-order valence-corrected chi connectivity index (χ4v) is 3.57. The number of hydrogen-bond donors (Lipinski definition) is 0. The summed E-state index contributed by atoms with van der Waals surface area (Å²) in [5, 5.41) is 0. The number of carbonyl (C=O) groups is 1. The van der Waals surface area contributed by atoms with E-state index < -0.39 is 0 Å². The summed E-state index contributed by atoms with van der Waals surface area (Å²) in [4.78, 5) is 19.3. The summed E-state index contributed by atoms with van der Waals surface area (Å²) in [7, 11) is 0. The fourth-order valence-electron chi connectivity index (χ4n) is 3.57. The van der Waals surface area contributed by atoms with Gasteiger partial charge in [0, 0.05) is 13.1 Å². The molecule has 0 aliphatic carbocycles. The van der Waals surface area contributed by atoms with E-state index in [0.29, 0.717) is 11.8 Å². The van der Waals surface area contributed by atoms with Crippen LogP contribution in [0.15, 0.2) is 40.8 Å². The summed E-state index contributed by atoms with van der Waals surface area (Å²) >= 11 is 0. The maximum absolute atomic E-state index is 12.7. The normalized spacial score (nSPS) is 15.3. The van der Waals surface area contributed by atoms with Gasteiger partial charge in [0.2, 0.25) is 0 Å². The Hall–Kier alpha value is -2.82. The molecule has 5 heteroatoms. The molecular formula is C22H24N2O3. The highest BCUT2D eigenvalue weighted by Crippen LogP contribution is 2.30. The van der Waals surface area contributed by atoms with Crippen molar-refractivity contribution in [2.75, 3.05) is 18.0 Å². The monoisotopic (exact) mass is 364 g/mol. The average molecular weight is 364 g/mol. The lowest BCUT2D eigenvalue weighted by molar-refractivity contribution is -0.139. The van der Waals surface area contributed by atoms with Crippen LogP contribution in [0.5, 0.6) is 5.75 Å². The molecule has 5 nitrogen and oxygen atoms in total. The van der Waals surface area contributed by atoms with Gasteiger partial charge in [-0.05, 0) is 62.4 Å². The number of hydrogen-bond acceptors (Lipinski definition) is 5. The zero-order chi connectivity index (χ0) is 19.0. The molecule has 0 unspecified atom stereocenters. The van der Waals surface area contributed by atoms with E-state index in [1.807, 2.05) is 51.1 Å². The highest BCUT2D eigenvalue weighted by molar-refractivity contribution is 5.77. The lowest BCUT2D eigenvalue weighted by Gasteiger charge is -2.29. The highest BCUT2D eigenvalue weighted by Gasteiger charge is 2.29. The minimum Gasteiger partial charge on any atom is -0.426 e. The van der Waals surface area contributed by atoms with Crippen molar-refractivity contribution in [1.82, 2.24) is 4.98 Å². The van der Waals surface area contributed by atoms with E-state index in [-0.39, 0.29) is 11.9 Å². The number of aromatic nitrogens is 1. The molecule has 0 amide bonds. The SMILES string of the molecule is Cc1ccc(C)c(OC(=O)C2CCN(c3nc4ccccc4o3)CC2)c1C. The van der Waals surface area contributed by atoms with Crippen molar-refractivity contribution in [3.63, 3.8) is 0 Å². The summed E-state index contributed by atoms with van der Waals surface area (Å²) in [6.45, 7) is 7.48. The van der Waals surface area contributed by atoms with E-state index in [2.05, 4.69) is 16.0 Å². The van der Waals surface area contributed by atoms with E-state index in [1.54, 1.807) is 0 Å². The van der Waals surface area contributed by atoms with Gasteiger partial charge in [-0.1, -0.05) is 24.3 Å². The first-order chi connectivity index (χ1) is 13.0. The summed E-state index contributed by atoms with van der Waals surface area (Å²) < 4.78 is 11.6. The van der Waals surface area contributed by atoms with Gasteiger partial charge < -0.3 is 14.1 Å². The van der Waals surface area contributed by atoms with Gasteiger partial charge in [0.1, 0.15) is 11.3 Å². The lowest BCUT2D eigenvalue weighted by Crippen LogP contribution is -2.38. The predicted octanol–water partition coefficient (Wildman–Crippen LogP) is 4.58. The Morgan fingerprint density at radius 2 is 1.78 bits per heavy atom. The van der Waals surface area contributed by atoms with Gasteiger partial charge in [-0.15, -0.1) is 0 Å². The Morgan fingerprint density at radius 1 is 1.07 bits per heavy atom. The van der Waals surface area contributed by atoms with Gasteiger partial charge in [-0.3, -0.25) is 4.79 Å². The maximum atomic E-state index is 12.7. The molecule has 0 atom stereocenters. The number of nitrogens with zero attached hydrogens (tertiary/aromatic N) is 2. The third-order valence-corrected chi connectivity index (χ3v) is 5.46. The van der Waals surface area contributed by atoms with Gasteiger partial charge in [-0.2, -0.15) is 4.98 Å². The Kier molecular flexibility index (Phi) is 4.60. The Morgan fingerprint density at radius 3 is 2.52 bits per heavy atom. The number of carbonyl (C=O) groups excluding carboxylic acids is 1. The molecule has 27 heavy (non-hydrogen) atoms. The molecule has 2 heterocycles. The number of benzene rings is 2. The number of fused-ring (bicyclic) bond motifs is 1. The second kappa shape index (κ2) is 7.06. The number of anilines is 1. The van der Waals surface area contributed by atoms with Crippen LogP contribution in [0.3, 0.4) is 0 Å². The number of aryl methyl sites for hydroxylation is 2. The number of rotatable bonds is 3. The number of ether oxygens (including phenoxy) is 1. The van der Waals surface area contributed by atoms with E-state index in [4.69, 9.17) is 9.15 Å². The van der Waals surface area contributed by atoms with Gasteiger partial charge >= 0.3 is 5.97 Å². The zero-order valence-electron chi connectivity index (χ0n) is 16.0. The third kappa shape index (κ3) is 3.42. The summed E-state index contributed by atoms with van der Waals surface area (Å²) in [6, 6.07) is 12.4. The van der Waals surface area contributed by atoms with Crippen LogP contribution in [0, 0.1) is 26.7 Å². The molecule has 1 saturated heterocycles. The van der Waals surface area contributed by atoms with Gasteiger partial charge in [0.15, 0.2) is 5.58 Å². The summed E-state index contributed by atoms with van der Waals surface area (Å²) in [5.41, 5.74) is 4.82. The van der Waals surface area contributed by atoms with Crippen LogP contribution in [0.25, 0.3) is 11.1 Å². The summed E-state index contributed by atoms with van der Waals surface area (Å²) in [6.07, 6.45) is 1.48. The smallest absolute Gasteiger partial charge is 0.314 e. The number of para-hydroxylation sites is 2. The summed E-state index contributed by atoms with van der Waals surface area (Å²) in [5.74, 6) is 0.482. The van der Waals surface area contributed by atoms with Crippen LogP contribution < -0.4 is 9.64 Å². The molecule has 1 fully saturated rings. The zero-order valence-corrected chi connectivity index (χ0v) is 16.0. The van der Waals surface area contributed by atoms with Crippen molar-refractivity contribution in [3.8, 4) is 5.75 Å². The standard InChI is InChI=1S/C22H24N2O3/c1-14-8-9-15(2)20(16(14)3)27-21(25)17-10-12-24(13-11-17)22-23-18-6-4-5-7-19(18)26-22/h4-9,17H,10-13H2,1-3H3. The predicted molar refractivity (Wildman–Crippen MR) is 105 cm³/mol. The van der Waals surface area contributed by atoms with Crippen LogP contribution in [-0.2, 0) is 4.79 Å². The van der Waals surface area contributed by atoms with Crippen molar-refractivity contribution in [2.45, 2.75) is 33.6 Å². The number of esters is 1. The molecule has 0 radical (unpaired) electrons. The maximum Gasteiger partial charge on any atom is 0.314 e. The van der Waals surface area contributed by atoms with Crippen LogP contribution in [0.2, 0.25) is 0 Å². The fraction of sp³-hybridized carbons (Fsp3) is 0.364. The lowest BCUT2D eigenvalue weighted by atomic mass is 9.97. The van der Waals surface area contributed by atoms with Crippen LogP contribution in [0.4, 0.5) is 6.01 Å². The van der Waals surface area contributed by atoms with E-state index >= 15 is 0 Å². The first kappa shape index (κ1) is 17.6. The van der Waals surface area contributed by atoms with E-state index in [1.165, 1.54) is 0 Å². The molecule has 2 aromatic carbocycles. The largest absolute Gasteiger partial charge is 0.426 e. The van der Waals surface area contributed by atoms with Crippen LogP contribution in [-0.4, -0.2) is 24.0 Å². The number of oxazole rings is 1. The van der Waals surface area contributed by atoms with Gasteiger partial charge in [0.25, 0.3) is 6.01 Å². The minimum atomic E-state index is -0.135. The Balaban J connectivity index is 1.42.